The van der Waals surface area contributed by atoms with Crippen molar-refractivity contribution in [1.29, 1.82) is 0 Å². The van der Waals surface area contributed by atoms with Crippen molar-refractivity contribution in [3.8, 4) is 0 Å². The summed E-state index contributed by atoms with van der Waals surface area (Å²) in [7, 11) is 1.56. The van der Waals surface area contributed by atoms with E-state index in [1.807, 2.05) is 0 Å². The molecule has 1 atom stereocenters. The van der Waals surface area contributed by atoms with Gasteiger partial charge >= 0.3 is 0 Å². The third-order valence-corrected chi connectivity index (χ3v) is 1.84. The van der Waals surface area contributed by atoms with E-state index in [0.29, 0.717) is 13.0 Å². The van der Waals surface area contributed by atoms with Crippen LogP contribution in [0.5, 0.6) is 0 Å². The Hall–Kier alpha value is -0.130. The number of nitrogens with one attached hydrogen (secondary N) is 1. The third-order valence-electron chi connectivity index (χ3n) is 1.33. The second-order valence-corrected chi connectivity index (χ2v) is 2.93. The zero-order chi connectivity index (χ0) is 9.40. The second kappa shape index (κ2) is 7.52. The summed E-state index contributed by atoms with van der Waals surface area (Å²) in [5.41, 5.74) is 0. The van der Waals surface area contributed by atoms with Gasteiger partial charge in [0.25, 0.3) is 0 Å². The molecule has 0 fully saturated rings. The molecule has 0 saturated heterocycles. The largest absolute Gasteiger partial charge is 0.396 e. The summed E-state index contributed by atoms with van der Waals surface area (Å²) in [5.74, 6) is -0.0921. The van der Waals surface area contributed by atoms with Gasteiger partial charge in [0.2, 0.25) is 5.91 Å². The number of halogens is 1. The van der Waals surface area contributed by atoms with Gasteiger partial charge in [-0.05, 0) is 6.42 Å². The molecule has 0 saturated carbocycles. The molecule has 4 nitrogen and oxygen atoms in total. The molecule has 0 aliphatic carbocycles. The molecule has 0 aromatic rings. The molecule has 0 spiro atoms. The van der Waals surface area contributed by atoms with Gasteiger partial charge in [-0.15, -0.1) is 0 Å². The highest BCUT2D eigenvalue weighted by atomic mass is 79.9. The van der Waals surface area contributed by atoms with Crippen LogP contribution in [-0.2, 0) is 9.53 Å². The molecule has 12 heavy (non-hydrogen) atoms. The average molecular weight is 240 g/mol. The van der Waals surface area contributed by atoms with Gasteiger partial charge < -0.3 is 15.2 Å². The molecular weight excluding hydrogens is 226 g/mol. The van der Waals surface area contributed by atoms with E-state index in [2.05, 4.69) is 21.2 Å². The Balaban J connectivity index is 3.68. The number of hydrogen-bond donors (Lipinski definition) is 2. The first-order valence-corrected chi connectivity index (χ1v) is 4.81. The minimum absolute atomic E-state index is 0.0522. The number of aliphatic hydroxyl groups excluding tert-OH is 1. The fourth-order valence-electron chi connectivity index (χ4n) is 0.820. The number of methoxy groups -OCH3 is 1. The smallest absolute Gasteiger partial charge is 0.230 e. The standard InChI is InChI=1S/C7H14BrNO3/c1-12-5-6(2-3-10)9-7(11)4-8/h6,10H,2-5H2,1H3,(H,9,11). The average Bonchev–Trinajstić information content (AvgIpc) is 2.05. The maximum Gasteiger partial charge on any atom is 0.230 e. The van der Waals surface area contributed by atoms with Gasteiger partial charge in [-0.1, -0.05) is 15.9 Å². The lowest BCUT2D eigenvalue weighted by Gasteiger charge is -2.15. The second-order valence-electron chi connectivity index (χ2n) is 2.37. The van der Waals surface area contributed by atoms with Crippen LogP contribution in [0.15, 0.2) is 0 Å². The summed E-state index contributed by atoms with van der Waals surface area (Å²) in [4.78, 5) is 10.9. The van der Waals surface area contributed by atoms with Crippen LogP contribution < -0.4 is 5.32 Å². The van der Waals surface area contributed by atoms with Gasteiger partial charge in [-0.3, -0.25) is 4.79 Å². The molecule has 5 heteroatoms. The number of carbonyl (C=O) groups is 1. The molecule has 72 valence electrons. The van der Waals surface area contributed by atoms with E-state index in [4.69, 9.17) is 9.84 Å². The molecule has 0 heterocycles. The first-order chi connectivity index (χ1) is 5.74. The first-order valence-electron chi connectivity index (χ1n) is 3.69. The Morgan fingerprint density at radius 2 is 2.42 bits per heavy atom. The van der Waals surface area contributed by atoms with Crippen LogP contribution in [0, 0.1) is 0 Å². The molecule has 0 bridgehead atoms. The number of aliphatic hydroxyl groups is 1. The minimum Gasteiger partial charge on any atom is -0.396 e. The van der Waals surface area contributed by atoms with Gasteiger partial charge in [0.1, 0.15) is 0 Å². The lowest BCUT2D eigenvalue weighted by molar-refractivity contribution is -0.119. The predicted octanol–water partition coefficient (Wildman–Crippen LogP) is -0.105. The molecule has 0 aliphatic heterocycles. The Morgan fingerprint density at radius 1 is 1.75 bits per heavy atom. The quantitative estimate of drug-likeness (QED) is 0.637. The summed E-state index contributed by atoms with van der Waals surface area (Å²) in [5, 5.41) is 11.6. The van der Waals surface area contributed by atoms with E-state index in [0.717, 1.165) is 0 Å². The summed E-state index contributed by atoms with van der Waals surface area (Å²) in [6, 6.07) is -0.0925. The van der Waals surface area contributed by atoms with Crippen molar-refractivity contribution in [2.75, 3.05) is 25.7 Å². The molecule has 0 aromatic carbocycles. The molecule has 1 amide bonds. The summed E-state index contributed by atoms with van der Waals surface area (Å²) >= 11 is 3.03. The zero-order valence-corrected chi connectivity index (χ0v) is 8.63. The third kappa shape index (κ3) is 5.51. The van der Waals surface area contributed by atoms with E-state index in [9.17, 15) is 4.79 Å². The molecule has 0 rings (SSSR count). The van der Waals surface area contributed by atoms with E-state index in [1.54, 1.807) is 7.11 Å². The summed E-state index contributed by atoms with van der Waals surface area (Å²) < 4.78 is 4.86. The van der Waals surface area contributed by atoms with E-state index in [1.165, 1.54) is 0 Å². The van der Waals surface area contributed by atoms with Crippen molar-refractivity contribution in [2.45, 2.75) is 12.5 Å². The van der Waals surface area contributed by atoms with Gasteiger partial charge in [-0.2, -0.15) is 0 Å². The molecule has 1 unspecified atom stereocenters. The van der Waals surface area contributed by atoms with E-state index < -0.39 is 0 Å². The van der Waals surface area contributed by atoms with Gasteiger partial charge in [0.15, 0.2) is 0 Å². The normalized spacial score (nSPS) is 12.6. The summed E-state index contributed by atoms with van der Waals surface area (Å²) in [6.07, 6.45) is 0.520. The highest BCUT2D eigenvalue weighted by Crippen LogP contribution is 1.92. The van der Waals surface area contributed by atoms with E-state index in [-0.39, 0.29) is 23.9 Å². The zero-order valence-electron chi connectivity index (χ0n) is 7.05. The highest BCUT2D eigenvalue weighted by Gasteiger charge is 2.09. The van der Waals surface area contributed by atoms with Crippen LogP contribution in [0.2, 0.25) is 0 Å². The number of carbonyl (C=O) groups excluding carboxylic acids is 1. The Bertz CT molecular complexity index is 126. The van der Waals surface area contributed by atoms with Gasteiger partial charge in [-0.25, -0.2) is 0 Å². The molecule has 0 aromatic heterocycles. The highest BCUT2D eigenvalue weighted by molar-refractivity contribution is 9.09. The Kier molecular flexibility index (Phi) is 7.43. The number of rotatable bonds is 6. The Labute approximate surface area is 80.4 Å². The fraction of sp³-hybridized carbons (Fsp3) is 0.857. The van der Waals surface area contributed by atoms with Crippen LogP contribution in [0.1, 0.15) is 6.42 Å². The minimum atomic E-state index is -0.0925. The lowest BCUT2D eigenvalue weighted by Crippen LogP contribution is -2.39. The maximum absolute atomic E-state index is 10.9. The molecular formula is C7H14BrNO3. The van der Waals surface area contributed by atoms with Crippen molar-refractivity contribution in [1.82, 2.24) is 5.32 Å². The van der Waals surface area contributed by atoms with Crippen molar-refractivity contribution < 1.29 is 14.6 Å². The maximum atomic E-state index is 10.9. The van der Waals surface area contributed by atoms with Crippen molar-refractivity contribution in [3.63, 3.8) is 0 Å². The molecule has 0 aliphatic rings. The van der Waals surface area contributed by atoms with Crippen molar-refractivity contribution in [2.24, 2.45) is 0 Å². The fourth-order valence-corrected chi connectivity index (χ4v) is 0.982. The number of ether oxygens (including phenoxy) is 1. The predicted molar refractivity (Wildman–Crippen MR) is 49.3 cm³/mol. The lowest BCUT2D eigenvalue weighted by atomic mass is 10.2. The number of alkyl halides is 1. The molecule has 2 N–H and O–H groups in total. The monoisotopic (exact) mass is 239 g/mol. The van der Waals surface area contributed by atoms with Crippen molar-refractivity contribution in [3.05, 3.63) is 0 Å². The van der Waals surface area contributed by atoms with Crippen LogP contribution in [0.4, 0.5) is 0 Å². The van der Waals surface area contributed by atoms with Crippen molar-refractivity contribution >= 4 is 21.8 Å². The number of amides is 1. The van der Waals surface area contributed by atoms with Gasteiger partial charge in [0, 0.05) is 13.7 Å². The van der Waals surface area contributed by atoms with Crippen LogP contribution in [-0.4, -0.2) is 42.7 Å². The SMILES string of the molecule is COCC(CCO)NC(=O)CBr. The van der Waals surface area contributed by atoms with Crippen LogP contribution >= 0.6 is 15.9 Å². The first kappa shape index (κ1) is 11.9. The van der Waals surface area contributed by atoms with Crippen LogP contribution in [0.3, 0.4) is 0 Å². The molecule has 0 radical (unpaired) electrons. The van der Waals surface area contributed by atoms with E-state index >= 15 is 0 Å². The Morgan fingerprint density at radius 3 is 2.83 bits per heavy atom. The van der Waals surface area contributed by atoms with Gasteiger partial charge in [0.05, 0.1) is 18.0 Å². The van der Waals surface area contributed by atoms with Crippen LogP contribution in [0.25, 0.3) is 0 Å². The number of hydrogen-bond acceptors (Lipinski definition) is 3. The summed E-state index contributed by atoms with van der Waals surface area (Å²) in [6.45, 7) is 0.482. The topological polar surface area (TPSA) is 58.6 Å².